The van der Waals surface area contributed by atoms with Crippen molar-refractivity contribution in [3.8, 4) is 0 Å². The van der Waals surface area contributed by atoms with Gasteiger partial charge in [0, 0.05) is 37.4 Å². The summed E-state index contributed by atoms with van der Waals surface area (Å²) < 4.78 is 1.68. The first-order valence-corrected chi connectivity index (χ1v) is 4.50. The second-order valence-corrected chi connectivity index (χ2v) is 3.53. The molecule has 0 bridgehead atoms. The molecule has 0 radical (unpaired) electrons. The number of hydrogen-bond acceptors (Lipinski definition) is 3. The van der Waals surface area contributed by atoms with E-state index in [9.17, 15) is 4.79 Å². The predicted molar refractivity (Wildman–Crippen MR) is 49.6 cm³/mol. The van der Waals surface area contributed by atoms with Crippen LogP contribution in [0.4, 0.5) is 0 Å². The molecule has 13 heavy (non-hydrogen) atoms. The fourth-order valence-electron chi connectivity index (χ4n) is 1.41. The molecule has 4 nitrogen and oxygen atoms in total. The molecule has 1 fully saturated rings. The maximum Gasteiger partial charge on any atom is 0.347 e. The van der Waals surface area contributed by atoms with Gasteiger partial charge in [0.25, 0.3) is 0 Å². The van der Waals surface area contributed by atoms with Crippen molar-refractivity contribution in [2.45, 2.75) is 13.5 Å². The first-order valence-electron chi connectivity index (χ1n) is 4.50. The van der Waals surface area contributed by atoms with Crippen molar-refractivity contribution < 1.29 is 0 Å². The molecular weight excluding hydrogens is 166 g/mol. The normalized spacial score (nSPS) is 17.0. The number of aromatic nitrogens is 2. The van der Waals surface area contributed by atoms with E-state index in [0.717, 1.165) is 25.3 Å². The summed E-state index contributed by atoms with van der Waals surface area (Å²) >= 11 is 0. The van der Waals surface area contributed by atoms with Crippen molar-refractivity contribution in [1.82, 2.24) is 14.9 Å². The number of hydrogen-bond donors (Lipinski definition) is 1. The highest BCUT2D eigenvalue weighted by Gasteiger charge is 2.17. The third-order valence-electron chi connectivity index (χ3n) is 2.33. The average Bonchev–Trinajstić information content (AvgIpc) is 1.99. The zero-order valence-corrected chi connectivity index (χ0v) is 7.66. The van der Waals surface area contributed by atoms with E-state index in [1.54, 1.807) is 4.57 Å². The van der Waals surface area contributed by atoms with Crippen LogP contribution in [0.1, 0.15) is 5.69 Å². The molecule has 70 valence electrons. The van der Waals surface area contributed by atoms with E-state index in [1.807, 2.05) is 19.2 Å². The Labute approximate surface area is 76.6 Å². The van der Waals surface area contributed by atoms with Crippen LogP contribution in [-0.4, -0.2) is 22.6 Å². The lowest BCUT2D eigenvalue weighted by Gasteiger charge is -2.27. The van der Waals surface area contributed by atoms with Gasteiger partial charge >= 0.3 is 5.69 Å². The van der Waals surface area contributed by atoms with Gasteiger partial charge in [0.2, 0.25) is 0 Å². The highest BCUT2D eigenvalue weighted by atomic mass is 16.1. The van der Waals surface area contributed by atoms with Crippen LogP contribution >= 0.6 is 0 Å². The van der Waals surface area contributed by atoms with Gasteiger partial charge in [-0.1, -0.05) is 0 Å². The Balaban J connectivity index is 2.15. The molecular formula is C9H13N3O. The molecule has 1 aromatic heterocycles. The highest BCUT2D eigenvalue weighted by Crippen LogP contribution is 2.04. The Hall–Kier alpha value is -1.16. The Morgan fingerprint density at radius 1 is 1.69 bits per heavy atom. The van der Waals surface area contributed by atoms with Gasteiger partial charge in [-0.15, -0.1) is 0 Å². The van der Waals surface area contributed by atoms with Crippen molar-refractivity contribution in [2.75, 3.05) is 13.1 Å². The van der Waals surface area contributed by atoms with Gasteiger partial charge in [-0.3, -0.25) is 4.57 Å². The van der Waals surface area contributed by atoms with E-state index in [-0.39, 0.29) is 5.69 Å². The predicted octanol–water partition coefficient (Wildman–Crippen LogP) is -0.229. The lowest BCUT2D eigenvalue weighted by molar-refractivity contribution is 0.302. The quantitative estimate of drug-likeness (QED) is 0.682. The van der Waals surface area contributed by atoms with E-state index < -0.39 is 0 Å². The molecule has 0 saturated carbocycles. The molecule has 0 spiro atoms. The highest BCUT2D eigenvalue weighted by molar-refractivity contribution is 4.96. The van der Waals surface area contributed by atoms with Crippen LogP contribution in [0.2, 0.25) is 0 Å². The monoisotopic (exact) mass is 179 g/mol. The summed E-state index contributed by atoms with van der Waals surface area (Å²) in [5.41, 5.74) is 0.653. The first kappa shape index (κ1) is 8.44. The van der Waals surface area contributed by atoms with Gasteiger partial charge < -0.3 is 5.32 Å². The van der Waals surface area contributed by atoms with Gasteiger partial charge in [-0.2, -0.15) is 4.98 Å². The minimum atomic E-state index is -0.132. The molecule has 1 aliphatic heterocycles. The SMILES string of the molecule is Cc1ccn(CC2CNC2)c(=O)n1. The Bertz CT molecular complexity index is 354. The topological polar surface area (TPSA) is 46.9 Å². The molecule has 4 heteroatoms. The molecule has 1 aromatic rings. The molecule has 0 atom stereocenters. The lowest BCUT2D eigenvalue weighted by Crippen LogP contribution is -2.45. The van der Waals surface area contributed by atoms with Crippen molar-refractivity contribution in [3.63, 3.8) is 0 Å². The van der Waals surface area contributed by atoms with Gasteiger partial charge in [-0.05, 0) is 13.0 Å². The minimum Gasteiger partial charge on any atom is -0.316 e. The first-order chi connectivity index (χ1) is 6.25. The van der Waals surface area contributed by atoms with E-state index in [1.165, 1.54) is 0 Å². The Morgan fingerprint density at radius 3 is 3.00 bits per heavy atom. The summed E-state index contributed by atoms with van der Waals surface area (Å²) in [4.78, 5) is 15.2. The van der Waals surface area contributed by atoms with E-state index >= 15 is 0 Å². The van der Waals surface area contributed by atoms with Crippen LogP contribution in [0.25, 0.3) is 0 Å². The standard InChI is InChI=1S/C9H13N3O/c1-7-2-3-12(9(13)11-7)6-8-4-10-5-8/h2-3,8,10H,4-6H2,1H3. The van der Waals surface area contributed by atoms with E-state index in [2.05, 4.69) is 10.3 Å². The van der Waals surface area contributed by atoms with Crippen molar-refractivity contribution >= 4 is 0 Å². The third-order valence-corrected chi connectivity index (χ3v) is 2.33. The maximum atomic E-state index is 11.3. The summed E-state index contributed by atoms with van der Waals surface area (Å²) in [5, 5.41) is 3.18. The number of rotatable bonds is 2. The van der Waals surface area contributed by atoms with Crippen LogP contribution in [0.5, 0.6) is 0 Å². The van der Waals surface area contributed by atoms with Gasteiger partial charge in [0.1, 0.15) is 0 Å². The summed E-state index contributed by atoms with van der Waals surface area (Å²) in [6.07, 6.45) is 1.82. The lowest BCUT2D eigenvalue weighted by atomic mass is 10.0. The van der Waals surface area contributed by atoms with Crippen LogP contribution in [0, 0.1) is 12.8 Å². The van der Waals surface area contributed by atoms with Crippen LogP contribution < -0.4 is 11.0 Å². The van der Waals surface area contributed by atoms with Crippen molar-refractivity contribution in [1.29, 1.82) is 0 Å². The summed E-state index contributed by atoms with van der Waals surface area (Å²) in [7, 11) is 0. The molecule has 0 aliphatic carbocycles. The van der Waals surface area contributed by atoms with Gasteiger partial charge in [0.15, 0.2) is 0 Å². The van der Waals surface area contributed by atoms with E-state index in [4.69, 9.17) is 0 Å². The molecule has 1 N–H and O–H groups in total. The summed E-state index contributed by atoms with van der Waals surface area (Å²) in [6, 6.07) is 1.87. The molecule has 2 heterocycles. The van der Waals surface area contributed by atoms with Crippen LogP contribution in [0.3, 0.4) is 0 Å². The van der Waals surface area contributed by atoms with Crippen molar-refractivity contribution in [2.24, 2.45) is 5.92 Å². The largest absolute Gasteiger partial charge is 0.347 e. The van der Waals surface area contributed by atoms with E-state index in [0.29, 0.717) is 5.92 Å². The fraction of sp³-hybridized carbons (Fsp3) is 0.556. The van der Waals surface area contributed by atoms with Crippen LogP contribution in [-0.2, 0) is 6.54 Å². The second-order valence-electron chi connectivity index (χ2n) is 3.53. The Kier molecular flexibility index (Phi) is 2.14. The van der Waals surface area contributed by atoms with Crippen molar-refractivity contribution in [3.05, 3.63) is 28.4 Å². The molecule has 1 aliphatic rings. The summed E-state index contributed by atoms with van der Waals surface area (Å²) in [6.45, 7) is 4.65. The Morgan fingerprint density at radius 2 is 2.46 bits per heavy atom. The molecule has 1 saturated heterocycles. The van der Waals surface area contributed by atoms with Crippen LogP contribution in [0.15, 0.2) is 17.1 Å². The average molecular weight is 179 g/mol. The number of nitrogens with zero attached hydrogens (tertiary/aromatic N) is 2. The second kappa shape index (κ2) is 3.30. The summed E-state index contributed by atoms with van der Waals surface area (Å²) in [5.74, 6) is 0.599. The maximum absolute atomic E-state index is 11.3. The number of aryl methyl sites for hydroxylation is 1. The molecule has 0 unspecified atom stereocenters. The molecule has 2 rings (SSSR count). The fourth-order valence-corrected chi connectivity index (χ4v) is 1.41. The molecule has 0 amide bonds. The third kappa shape index (κ3) is 1.78. The van der Waals surface area contributed by atoms with Gasteiger partial charge in [-0.25, -0.2) is 4.79 Å². The van der Waals surface area contributed by atoms with Gasteiger partial charge in [0.05, 0.1) is 0 Å². The minimum absolute atomic E-state index is 0.132. The number of nitrogens with one attached hydrogen (secondary N) is 1. The zero-order valence-electron chi connectivity index (χ0n) is 7.66. The molecule has 0 aromatic carbocycles. The smallest absolute Gasteiger partial charge is 0.316 e. The zero-order chi connectivity index (χ0) is 9.26.